The van der Waals surface area contributed by atoms with Gasteiger partial charge in [-0.1, -0.05) is 31.8 Å². The van der Waals surface area contributed by atoms with Crippen molar-refractivity contribution in [2.24, 2.45) is 5.73 Å². The third-order valence-corrected chi connectivity index (χ3v) is 2.52. The first-order chi connectivity index (χ1) is 10.6. The first kappa shape index (κ1) is 22.5. The molecule has 0 rings (SSSR count). The van der Waals surface area contributed by atoms with Gasteiger partial charge in [0.05, 0.1) is 0 Å². The highest BCUT2D eigenvalue weighted by atomic mass is 16.5. The van der Waals surface area contributed by atoms with Gasteiger partial charge in [-0.05, 0) is 38.8 Å². The van der Waals surface area contributed by atoms with E-state index in [1.165, 1.54) is 0 Å². The van der Waals surface area contributed by atoms with Crippen LogP contribution in [0.5, 0.6) is 0 Å². The minimum absolute atomic E-state index is 0.00123. The van der Waals surface area contributed by atoms with Crippen molar-refractivity contribution in [3.63, 3.8) is 0 Å². The lowest BCUT2D eigenvalue weighted by Gasteiger charge is -2.01. The molecule has 0 heterocycles. The number of carbonyl (C=O) groups excluding carboxylic acids is 2. The van der Waals surface area contributed by atoms with Crippen molar-refractivity contribution < 1.29 is 14.3 Å². The highest BCUT2D eigenvalue weighted by Gasteiger charge is 1.96. The summed E-state index contributed by atoms with van der Waals surface area (Å²) in [4.78, 5) is 21.4. The number of esters is 1. The van der Waals surface area contributed by atoms with E-state index >= 15 is 0 Å². The van der Waals surface area contributed by atoms with Crippen molar-refractivity contribution >= 4 is 11.9 Å². The van der Waals surface area contributed by atoms with Crippen LogP contribution >= 0.6 is 0 Å². The standard InChI is InChI=1S/C10H20N2O.C7H10O2/c1-2-7-10(13)12-9-6-4-3-5-8-11;1-3-5-7(8)9-6-4-2/h2,7H,3-6,8-9,11H2,1H3,(H,12,13);2H,3,5-6H2,1H3/b7-2+;. The van der Waals surface area contributed by atoms with E-state index in [-0.39, 0.29) is 18.5 Å². The quantitative estimate of drug-likeness (QED) is 0.280. The van der Waals surface area contributed by atoms with E-state index in [0.29, 0.717) is 6.42 Å². The molecule has 0 aliphatic heterocycles. The summed E-state index contributed by atoms with van der Waals surface area (Å²) in [5, 5.41) is 2.80. The van der Waals surface area contributed by atoms with Gasteiger partial charge in [0, 0.05) is 13.0 Å². The summed E-state index contributed by atoms with van der Waals surface area (Å²) in [5.74, 6) is 2.00. The van der Waals surface area contributed by atoms with Gasteiger partial charge in [-0.2, -0.15) is 0 Å². The molecular formula is C17H30N2O3. The number of terminal acetylenes is 1. The van der Waals surface area contributed by atoms with E-state index in [4.69, 9.17) is 12.2 Å². The van der Waals surface area contributed by atoms with E-state index in [0.717, 1.165) is 45.2 Å². The van der Waals surface area contributed by atoms with Crippen LogP contribution in [-0.4, -0.2) is 31.6 Å². The minimum atomic E-state index is -0.213. The van der Waals surface area contributed by atoms with Gasteiger partial charge < -0.3 is 15.8 Å². The van der Waals surface area contributed by atoms with E-state index in [1.807, 2.05) is 13.8 Å². The number of unbranched alkanes of at least 4 members (excludes halogenated alkanes) is 3. The largest absolute Gasteiger partial charge is 0.452 e. The van der Waals surface area contributed by atoms with Crippen LogP contribution < -0.4 is 11.1 Å². The summed E-state index contributed by atoms with van der Waals surface area (Å²) < 4.78 is 4.56. The number of rotatable bonds is 10. The van der Waals surface area contributed by atoms with Gasteiger partial charge in [0.1, 0.15) is 0 Å². The Morgan fingerprint density at radius 3 is 2.50 bits per heavy atom. The van der Waals surface area contributed by atoms with Crippen LogP contribution in [-0.2, 0) is 14.3 Å². The zero-order valence-corrected chi connectivity index (χ0v) is 13.9. The Bertz CT molecular complexity index is 346. The average molecular weight is 310 g/mol. The maximum absolute atomic E-state index is 10.9. The van der Waals surface area contributed by atoms with Crippen molar-refractivity contribution in [1.29, 1.82) is 0 Å². The first-order valence-corrected chi connectivity index (χ1v) is 7.82. The number of ether oxygens (including phenoxy) is 1. The van der Waals surface area contributed by atoms with Gasteiger partial charge in [-0.25, -0.2) is 0 Å². The van der Waals surface area contributed by atoms with Crippen molar-refractivity contribution in [1.82, 2.24) is 5.32 Å². The summed E-state index contributed by atoms with van der Waals surface area (Å²) >= 11 is 0. The Labute approximate surface area is 134 Å². The molecular weight excluding hydrogens is 280 g/mol. The first-order valence-electron chi connectivity index (χ1n) is 7.82. The molecule has 0 aliphatic carbocycles. The lowest BCUT2D eigenvalue weighted by Crippen LogP contribution is -2.21. The van der Waals surface area contributed by atoms with Gasteiger partial charge in [0.2, 0.25) is 5.91 Å². The van der Waals surface area contributed by atoms with Crippen LogP contribution in [0.4, 0.5) is 0 Å². The van der Waals surface area contributed by atoms with Crippen molar-refractivity contribution in [2.45, 2.75) is 52.4 Å². The molecule has 1 amide bonds. The summed E-state index contributed by atoms with van der Waals surface area (Å²) in [6.45, 7) is 5.38. The molecule has 0 unspecified atom stereocenters. The van der Waals surface area contributed by atoms with Crippen molar-refractivity contribution in [3.05, 3.63) is 12.2 Å². The number of hydrogen-bond acceptors (Lipinski definition) is 4. The van der Waals surface area contributed by atoms with Gasteiger partial charge in [-0.15, -0.1) is 6.42 Å². The summed E-state index contributed by atoms with van der Waals surface area (Å²) in [7, 11) is 0. The lowest BCUT2D eigenvalue weighted by atomic mass is 10.2. The molecule has 5 nitrogen and oxygen atoms in total. The summed E-state index contributed by atoms with van der Waals surface area (Å²) in [5.41, 5.74) is 5.35. The van der Waals surface area contributed by atoms with Crippen LogP contribution in [0.3, 0.4) is 0 Å². The zero-order chi connectivity index (χ0) is 17.1. The van der Waals surface area contributed by atoms with Crippen LogP contribution in [0, 0.1) is 12.3 Å². The summed E-state index contributed by atoms with van der Waals surface area (Å²) in [6, 6.07) is 0. The Morgan fingerprint density at radius 1 is 1.27 bits per heavy atom. The fourth-order valence-corrected chi connectivity index (χ4v) is 1.44. The normalized spacial score (nSPS) is 9.55. The van der Waals surface area contributed by atoms with Gasteiger partial charge in [0.25, 0.3) is 0 Å². The second-order valence-corrected chi connectivity index (χ2v) is 4.61. The van der Waals surface area contributed by atoms with E-state index in [1.54, 1.807) is 12.2 Å². The SMILES string of the molecule is C#CCOC(=O)CCC.C/C=C/C(=O)NCCCCCCN. The molecule has 0 radical (unpaired) electrons. The van der Waals surface area contributed by atoms with E-state index in [9.17, 15) is 9.59 Å². The Hall–Kier alpha value is -1.80. The number of nitrogens with one attached hydrogen (secondary N) is 1. The third kappa shape index (κ3) is 20.5. The number of amides is 1. The molecule has 0 aromatic carbocycles. The molecule has 5 heteroatoms. The van der Waals surface area contributed by atoms with Gasteiger partial charge >= 0.3 is 5.97 Å². The van der Waals surface area contributed by atoms with E-state index in [2.05, 4.69) is 16.0 Å². The van der Waals surface area contributed by atoms with Gasteiger partial charge in [-0.3, -0.25) is 9.59 Å². The molecule has 0 saturated heterocycles. The number of carbonyl (C=O) groups is 2. The average Bonchev–Trinajstić information content (AvgIpc) is 2.50. The smallest absolute Gasteiger partial charge is 0.306 e. The fourth-order valence-electron chi connectivity index (χ4n) is 1.44. The monoisotopic (exact) mass is 310 g/mol. The maximum atomic E-state index is 10.9. The Kier molecular flexibility index (Phi) is 19.6. The fraction of sp³-hybridized carbons (Fsp3) is 0.647. The van der Waals surface area contributed by atoms with Crippen LogP contribution in [0.1, 0.15) is 52.4 Å². The Morgan fingerprint density at radius 2 is 1.95 bits per heavy atom. The molecule has 0 atom stereocenters. The predicted octanol–water partition coefficient (Wildman–Crippen LogP) is 2.16. The second kappa shape index (κ2) is 19.2. The Balaban J connectivity index is 0. The molecule has 0 aromatic rings. The van der Waals surface area contributed by atoms with Crippen LogP contribution in [0.2, 0.25) is 0 Å². The third-order valence-electron chi connectivity index (χ3n) is 2.52. The number of nitrogens with two attached hydrogens (primary N) is 1. The van der Waals surface area contributed by atoms with Crippen molar-refractivity contribution in [3.8, 4) is 12.3 Å². The topological polar surface area (TPSA) is 81.4 Å². The molecule has 0 aromatic heterocycles. The zero-order valence-electron chi connectivity index (χ0n) is 13.9. The molecule has 0 fully saturated rings. The molecule has 22 heavy (non-hydrogen) atoms. The minimum Gasteiger partial charge on any atom is -0.452 e. The molecule has 0 bridgehead atoms. The van der Waals surface area contributed by atoms with Crippen LogP contribution in [0.15, 0.2) is 12.2 Å². The molecule has 0 saturated carbocycles. The lowest BCUT2D eigenvalue weighted by molar-refractivity contribution is -0.142. The van der Waals surface area contributed by atoms with Gasteiger partial charge in [0.15, 0.2) is 6.61 Å². The molecule has 0 aliphatic rings. The highest BCUT2D eigenvalue weighted by Crippen LogP contribution is 1.96. The molecule has 0 spiro atoms. The molecule has 3 N–H and O–H groups in total. The van der Waals surface area contributed by atoms with Crippen molar-refractivity contribution in [2.75, 3.05) is 19.7 Å². The summed E-state index contributed by atoms with van der Waals surface area (Å²) in [6.07, 6.45) is 13.8. The van der Waals surface area contributed by atoms with Crippen LogP contribution in [0.25, 0.3) is 0 Å². The maximum Gasteiger partial charge on any atom is 0.306 e. The molecule has 126 valence electrons. The number of hydrogen-bond donors (Lipinski definition) is 2. The predicted molar refractivity (Wildman–Crippen MR) is 90.0 cm³/mol. The second-order valence-electron chi connectivity index (χ2n) is 4.61. The number of allylic oxidation sites excluding steroid dienone is 1. The van der Waals surface area contributed by atoms with E-state index < -0.39 is 0 Å². The highest BCUT2D eigenvalue weighted by molar-refractivity contribution is 5.87.